The lowest BCUT2D eigenvalue weighted by Crippen LogP contribution is -2.30. The molecule has 6 heteroatoms. The first-order valence-corrected chi connectivity index (χ1v) is 30.4. The van der Waals surface area contributed by atoms with Gasteiger partial charge in [-0.25, -0.2) is 0 Å². The molecule has 0 aliphatic rings. The number of carbonyl (C=O) groups excluding carboxylic acids is 3. The van der Waals surface area contributed by atoms with Crippen molar-refractivity contribution in [1.82, 2.24) is 0 Å². The van der Waals surface area contributed by atoms with E-state index in [4.69, 9.17) is 14.2 Å². The predicted octanol–water partition coefficient (Wildman–Crippen LogP) is 20.7. The van der Waals surface area contributed by atoms with Gasteiger partial charge in [-0.05, 0) is 96.3 Å². The van der Waals surface area contributed by atoms with Gasteiger partial charge in [0.2, 0.25) is 0 Å². The Balaban J connectivity index is 4.37. The monoisotopic (exact) mass is 1010 g/mol. The Morgan fingerprint density at radius 3 is 0.877 bits per heavy atom. The average molecular weight is 1010 g/mol. The van der Waals surface area contributed by atoms with Crippen LogP contribution >= 0.6 is 0 Å². The molecule has 416 valence electrons. The summed E-state index contributed by atoms with van der Waals surface area (Å²) in [4.78, 5) is 38.2. The molecular formula is C67H112O6. The normalized spacial score (nSPS) is 12.9. The molecule has 0 amide bonds. The summed E-state index contributed by atoms with van der Waals surface area (Å²) in [5, 5.41) is 0. The maximum Gasteiger partial charge on any atom is 0.306 e. The highest BCUT2D eigenvalue weighted by atomic mass is 16.6. The molecule has 0 radical (unpaired) electrons. The first kappa shape index (κ1) is 69.1. The largest absolute Gasteiger partial charge is 0.462 e. The SMILES string of the molecule is CC/C=C\C/C=C\C/C=C\C/C=C\C/C=C\CCCC(=O)OC(COC(=O)CCCCCCCCCCCCCCC)COC(=O)CCCCCCCCCCCCCC/C=C\C/C=C\C/C=C\C/C=C\CC. The van der Waals surface area contributed by atoms with Gasteiger partial charge in [0.25, 0.3) is 0 Å². The zero-order valence-corrected chi connectivity index (χ0v) is 47.6. The van der Waals surface area contributed by atoms with Crippen molar-refractivity contribution < 1.29 is 28.6 Å². The molecule has 1 atom stereocenters. The summed E-state index contributed by atoms with van der Waals surface area (Å²) in [6, 6.07) is 0. The Kier molecular flexibility index (Phi) is 57.4. The van der Waals surface area contributed by atoms with Crippen molar-refractivity contribution in [3.05, 3.63) is 109 Å². The van der Waals surface area contributed by atoms with Crippen LogP contribution in [0.1, 0.15) is 278 Å². The first-order chi connectivity index (χ1) is 36.0. The molecule has 0 rings (SSSR count). The summed E-state index contributed by atoms with van der Waals surface area (Å²) in [6.45, 7) is 6.38. The second-order valence-corrected chi connectivity index (χ2v) is 19.9. The van der Waals surface area contributed by atoms with Crippen molar-refractivity contribution in [1.29, 1.82) is 0 Å². The number of rotatable bonds is 54. The summed E-state index contributed by atoms with van der Waals surface area (Å²) < 4.78 is 16.8. The van der Waals surface area contributed by atoms with Crippen LogP contribution in [0.2, 0.25) is 0 Å². The summed E-state index contributed by atoms with van der Waals surface area (Å²) >= 11 is 0. The highest BCUT2D eigenvalue weighted by molar-refractivity contribution is 5.71. The van der Waals surface area contributed by atoms with Gasteiger partial charge in [-0.3, -0.25) is 14.4 Å². The number of hydrogen-bond donors (Lipinski definition) is 0. The third-order valence-electron chi connectivity index (χ3n) is 12.8. The first-order valence-electron chi connectivity index (χ1n) is 30.4. The van der Waals surface area contributed by atoms with E-state index in [9.17, 15) is 14.4 Å². The zero-order valence-electron chi connectivity index (χ0n) is 47.6. The smallest absolute Gasteiger partial charge is 0.306 e. The zero-order chi connectivity index (χ0) is 52.9. The molecule has 1 unspecified atom stereocenters. The van der Waals surface area contributed by atoms with Crippen molar-refractivity contribution in [2.24, 2.45) is 0 Å². The van der Waals surface area contributed by atoms with Crippen molar-refractivity contribution in [3.8, 4) is 0 Å². The van der Waals surface area contributed by atoms with E-state index in [-0.39, 0.29) is 37.5 Å². The number of esters is 3. The van der Waals surface area contributed by atoms with Crippen LogP contribution in [-0.4, -0.2) is 37.2 Å². The van der Waals surface area contributed by atoms with Gasteiger partial charge in [0.1, 0.15) is 13.2 Å². The van der Waals surface area contributed by atoms with Gasteiger partial charge in [0.05, 0.1) is 0 Å². The van der Waals surface area contributed by atoms with Crippen LogP contribution in [-0.2, 0) is 28.6 Å². The Hall–Kier alpha value is -3.93. The fourth-order valence-corrected chi connectivity index (χ4v) is 8.29. The Bertz CT molecular complexity index is 1490. The van der Waals surface area contributed by atoms with E-state index in [1.165, 1.54) is 128 Å². The Morgan fingerprint density at radius 1 is 0.288 bits per heavy atom. The molecule has 0 aliphatic heterocycles. The molecular weight excluding hydrogens is 901 g/mol. The van der Waals surface area contributed by atoms with E-state index < -0.39 is 6.10 Å². The lowest BCUT2D eigenvalue weighted by atomic mass is 10.0. The van der Waals surface area contributed by atoms with Gasteiger partial charge < -0.3 is 14.2 Å². The Morgan fingerprint density at radius 2 is 0.548 bits per heavy atom. The van der Waals surface area contributed by atoms with Crippen LogP contribution in [0, 0.1) is 0 Å². The Labute approximate surface area is 450 Å². The van der Waals surface area contributed by atoms with E-state index >= 15 is 0 Å². The highest BCUT2D eigenvalue weighted by Crippen LogP contribution is 2.16. The van der Waals surface area contributed by atoms with Crippen LogP contribution in [0.25, 0.3) is 0 Å². The number of carbonyl (C=O) groups is 3. The number of ether oxygens (including phenoxy) is 3. The molecule has 0 heterocycles. The number of hydrogen-bond acceptors (Lipinski definition) is 6. The molecule has 0 saturated carbocycles. The van der Waals surface area contributed by atoms with Crippen LogP contribution in [0.15, 0.2) is 109 Å². The summed E-state index contributed by atoms with van der Waals surface area (Å²) in [5.41, 5.74) is 0. The second-order valence-electron chi connectivity index (χ2n) is 19.9. The quantitative estimate of drug-likeness (QED) is 0.0261. The average Bonchev–Trinajstić information content (AvgIpc) is 3.39. The molecule has 0 aliphatic carbocycles. The van der Waals surface area contributed by atoms with E-state index in [0.717, 1.165) is 103 Å². The van der Waals surface area contributed by atoms with Crippen LogP contribution in [0.4, 0.5) is 0 Å². The van der Waals surface area contributed by atoms with Crippen LogP contribution < -0.4 is 0 Å². The lowest BCUT2D eigenvalue weighted by molar-refractivity contribution is -0.167. The third-order valence-corrected chi connectivity index (χ3v) is 12.8. The second kappa shape index (κ2) is 60.6. The van der Waals surface area contributed by atoms with E-state index in [1.807, 2.05) is 0 Å². The summed E-state index contributed by atoms with van der Waals surface area (Å²) in [7, 11) is 0. The molecule has 0 aromatic carbocycles. The topological polar surface area (TPSA) is 78.9 Å². The fraction of sp³-hybridized carbons (Fsp3) is 0.687. The third kappa shape index (κ3) is 58.8. The number of unbranched alkanes of at least 4 members (excludes halogenated alkanes) is 25. The fourth-order valence-electron chi connectivity index (χ4n) is 8.29. The van der Waals surface area contributed by atoms with Crippen molar-refractivity contribution in [3.63, 3.8) is 0 Å². The number of allylic oxidation sites excluding steroid dienone is 18. The molecule has 6 nitrogen and oxygen atoms in total. The summed E-state index contributed by atoms with van der Waals surface area (Å²) in [5.74, 6) is -0.955. The summed E-state index contributed by atoms with van der Waals surface area (Å²) in [6.07, 6.45) is 82.4. The predicted molar refractivity (Wildman–Crippen MR) is 316 cm³/mol. The molecule has 0 aromatic rings. The van der Waals surface area contributed by atoms with Gasteiger partial charge in [-0.1, -0.05) is 271 Å². The standard InChI is InChI=1S/C67H112O6/c1-4-7-10-13-16-19-22-25-27-29-30-31-32-33-34-35-36-38-39-42-45-48-51-54-57-60-66(69)72-63-64(62-71-65(68)59-56-53-50-47-44-41-24-21-18-15-12-9-6-3)73-67(70)61-58-55-52-49-46-43-40-37-28-26-23-20-17-14-11-8-5-2/h7-8,10-11,16-17,19-20,25-28,30-31,40,43,49,52,64H,4-6,9,12-15,18,21-24,29,32-39,41-42,44-48,50-51,53-63H2,1-3H3/b10-7-,11-8-,19-16-,20-17-,27-25-,28-26-,31-30-,43-40-,52-49-. The molecule has 0 saturated heterocycles. The van der Waals surface area contributed by atoms with Crippen molar-refractivity contribution in [2.45, 2.75) is 284 Å². The van der Waals surface area contributed by atoms with Gasteiger partial charge >= 0.3 is 17.9 Å². The highest BCUT2D eigenvalue weighted by Gasteiger charge is 2.19. The molecule has 0 bridgehead atoms. The molecule has 0 spiro atoms. The van der Waals surface area contributed by atoms with Gasteiger partial charge in [0, 0.05) is 19.3 Å². The molecule has 0 aromatic heterocycles. The van der Waals surface area contributed by atoms with Crippen molar-refractivity contribution >= 4 is 17.9 Å². The minimum Gasteiger partial charge on any atom is -0.462 e. The minimum atomic E-state index is -0.808. The maximum absolute atomic E-state index is 12.8. The molecule has 73 heavy (non-hydrogen) atoms. The van der Waals surface area contributed by atoms with Crippen LogP contribution in [0.3, 0.4) is 0 Å². The maximum atomic E-state index is 12.8. The molecule has 0 fully saturated rings. The van der Waals surface area contributed by atoms with E-state index in [0.29, 0.717) is 19.3 Å². The van der Waals surface area contributed by atoms with Gasteiger partial charge in [-0.15, -0.1) is 0 Å². The van der Waals surface area contributed by atoms with E-state index in [2.05, 4.69) is 130 Å². The van der Waals surface area contributed by atoms with Gasteiger partial charge in [0.15, 0.2) is 6.10 Å². The lowest BCUT2D eigenvalue weighted by Gasteiger charge is -2.18. The van der Waals surface area contributed by atoms with Crippen LogP contribution in [0.5, 0.6) is 0 Å². The van der Waals surface area contributed by atoms with E-state index in [1.54, 1.807) is 0 Å². The minimum absolute atomic E-state index is 0.0995. The molecule has 0 N–H and O–H groups in total. The van der Waals surface area contributed by atoms with Crippen molar-refractivity contribution in [2.75, 3.05) is 13.2 Å². The van der Waals surface area contributed by atoms with Gasteiger partial charge in [-0.2, -0.15) is 0 Å².